The molecule has 1 amide bonds. The Morgan fingerprint density at radius 1 is 1.29 bits per heavy atom. The van der Waals surface area contributed by atoms with E-state index in [-0.39, 0.29) is 0 Å². The number of hydrogen-bond acceptors (Lipinski definition) is 4. The smallest absolute Gasteiger partial charge is 0.410 e. The number of ether oxygens (including phenoxy) is 1. The van der Waals surface area contributed by atoms with Gasteiger partial charge in [-0.2, -0.15) is 8.42 Å². The van der Waals surface area contributed by atoms with E-state index in [2.05, 4.69) is 0 Å². The van der Waals surface area contributed by atoms with Crippen LogP contribution in [0.5, 0.6) is 0 Å². The van der Waals surface area contributed by atoms with Crippen LogP contribution in [-0.2, 0) is 15.0 Å². The topological polar surface area (TPSA) is 63.7 Å². The molecule has 0 bridgehead atoms. The highest BCUT2D eigenvalue weighted by Crippen LogP contribution is 2.24. The Balaban J connectivity index is 3.04. The fourth-order valence-corrected chi connectivity index (χ4v) is 2.55. The first kappa shape index (κ1) is 17.4. The van der Waals surface area contributed by atoms with Crippen molar-refractivity contribution in [3.8, 4) is 0 Å². The van der Waals surface area contributed by atoms with Gasteiger partial charge in [-0.1, -0.05) is 30.3 Å². The molecule has 1 aromatic carbocycles. The van der Waals surface area contributed by atoms with E-state index in [4.69, 9.17) is 4.74 Å². The summed E-state index contributed by atoms with van der Waals surface area (Å²) in [7, 11) is -3.36. The van der Waals surface area contributed by atoms with Crippen LogP contribution in [0.3, 0.4) is 0 Å². The second-order valence-corrected chi connectivity index (χ2v) is 7.13. The van der Waals surface area contributed by atoms with Gasteiger partial charge in [0, 0.05) is 7.05 Å². The average Bonchev–Trinajstić information content (AvgIpc) is 2.33. The minimum absolute atomic E-state index is 0.520. The predicted molar refractivity (Wildman–Crippen MR) is 78.1 cm³/mol. The first-order chi connectivity index (χ1) is 9.49. The van der Waals surface area contributed by atoms with Crippen LogP contribution < -0.4 is 0 Å². The zero-order valence-electron chi connectivity index (χ0n) is 12.5. The van der Waals surface area contributed by atoms with Crippen LogP contribution in [0.4, 0.5) is 8.68 Å². The van der Waals surface area contributed by atoms with Gasteiger partial charge < -0.3 is 9.64 Å². The summed E-state index contributed by atoms with van der Waals surface area (Å²) in [5.74, 6) is -0.813. The lowest BCUT2D eigenvalue weighted by molar-refractivity contribution is 0.0236. The maximum Gasteiger partial charge on any atom is 0.410 e. The molecule has 0 heterocycles. The molecule has 0 aromatic heterocycles. The molecule has 0 spiro atoms. The van der Waals surface area contributed by atoms with Crippen LogP contribution in [0.1, 0.15) is 32.4 Å². The van der Waals surface area contributed by atoms with Gasteiger partial charge in [-0.15, -0.1) is 3.89 Å². The Labute approximate surface area is 124 Å². The first-order valence-electron chi connectivity index (χ1n) is 6.43. The largest absolute Gasteiger partial charge is 0.444 e. The van der Waals surface area contributed by atoms with Crippen LogP contribution in [0.2, 0.25) is 0 Å². The van der Waals surface area contributed by atoms with Crippen LogP contribution in [-0.4, -0.2) is 37.8 Å². The van der Waals surface area contributed by atoms with Gasteiger partial charge in [0.2, 0.25) is 0 Å². The maximum atomic E-state index is 13.1. The molecule has 0 aliphatic heterocycles. The van der Waals surface area contributed by atoms with Gasteiger partial charge in [0.25, 0.3) is 0 Å². The van der Waals surface area contributed by atoms with E-state index in [0.29, 0.717) is 5.56 Å². The third kappa shape index (κ3) is 6.12. The Morgan fingerprint density at radius 2 is 1.81 bits per heavy atom. The van der Waals surface area contributed by atoms with Crippen molar-refractivity contribution < 1.29 is 21.8 Å². The highest BCUT2D eigenvalue weighted by atomic mass is 32.3. The average molecular weight is 317 g/mol. The van der Waals surface area contributed by atoms with Gasteiger partial charge in [0.1, 0.15) is 11.4 Å². The molecule has 21 heavy (non-hydrogen) atoms. The molecule has 0 aliphatic rings. The monoisotopic (exact) mass is 317 g/mol. The number of rotatable bonds is 4. The van der Waals surface area contributed by atoms with E-state index >= 15 is 0 Å². The molecular formula is C14H20FNO4S. The number of benzene rings is 1. The number of halogens is 1. The van der Waals surface area contributed by atoms with Crippen molar-refractivity contribution in [2.75, 3.05) is 12.8 Å². The fourth-order valence-electron chi connectivity index (χ4n) is 1.76. The Hall–Kier alpha value is -1.63. The molecule has 1 atom stereocenters. The van der Waals surface area contributed by atoms with Crippen LogP contribution >= 0.6 is 0 Å². The summed E-state index contributed by atoms with van der Waals surface area (Å²) < 4.78 is 40.2. The minimum atomic E-state index is -4.74. The number of hydrogen-bond donors (Lipinski definition) is 0. The van der Waals surface area contributed by atoms with E-state index in [1.165, 1.54) is 7.05 Å². The Morgan fingerprint density at radius 3 is 2.24 bits per heavy atom. The zero-order chi connectivity index (χ0) is 16.3. The summed E-state index contributed by atoms with van der Waals surface area (Å²) in [5.41, 5.74) is -0.201. The molecular weight excluding hydrogens is 297 g/mol. The maximum absolute atomic E-state index is 13.1. The highest BCUT2D eigenvalue weighted by molar-refractivity contribution is 7.86. The van der Waals surface area contributed by atoms with Crippen molar-refractivity contribution in [2.45, 2.75) is 32.4 Å². The lowest BCUT2D eigenvalue weighted by Crippen LogP contribution is -2.38. The molecule has 0 N–H and O–H groups in total. The quantitative estimate of drug-likeness (QED) is 0.801. The second kappa shape index (κ2) is 6.43. The molecule has 0 saturated carbocycles. The highest BCUT2D eigenvalue weighted by Gasteiger charge is 2.30. The van der Waals surface area contributed by atoms with Crippen molar-refractivity contribution in [2.24, 2.45) is 0 Å². The molecule has 0 radical (unpaired) electrons. The minimum Gasteiger partial charge on any atom is -0.444 e. The molecule has 0 aliphatic carbocycles. The van der Waals surface area contributed by atoms with Crippen LogP contribution in [0.15, 0.2) is 30.3 Å². The lowest BCUT2D eigenvalue weighted by atomic mass is 10.1. The van der Waals surface area contributed by atoms with E-state index in [1.807, 2.05) is 0 Å². The molecule has 5 nitrogen and oxygen atoms in total. The van der Waals surface area contributed by atoms with E-state index in [0.717, 1.165) is 4.90 Å². The zero-order valence-corrected chi connectivity index (χ0v) is 13.4. The van der Waals surface area contributed by atoms with Crippen molar-refractivity contribution in [1.29, 1.82) is 0 Å². The molecule has 0 fully saturated rings. The summed E-state index contributed by atoms with van der Waals surface area (Å²) in [6.45, 7) is 5.09. The van der Waals surface area contributed by atoms with Crippen LogP contribution in [0.25, 0.3) is 0 Å². The van der Waals surface area contributed by atoms with Gasteiger partial charge in [0.15, 0.2) is 0 Å². The summed E-state index contributed by atoms with van der Waals surface area (Å²) in [6.07, 6.45) is -0.708. The van der Waals surface area contributed by atoms with Gasteiger partial charge in [0.05, 0.1) is 6.04 Å². The second-order valence-electron chi connectivity index (χ2n) is 5.72. The van der Waals surface area contributed by atoms with E-state index in [9.17, 15) is 17.1 Å². The molecule has 1 unspecified atom stereocenters. The van der Waals surface area contributed by atoms with Crippen molar-refractivity contribution in [3.63, 3.8) is 0 Å². The number of amides is 1. The third-order valence-corrected chi connectivity index (χ3v) is 3.40. The predicted octanol–water partition coefficient (Wildman–Crippen LogP) is 2.89. The fraction of sp³-hybridized carbons (Fsp3) is 0.500. The van der Waals surface area contributed by atoms with Crippen molar-refractivity contribution in [1.82, 2.24) is 4.90 Å². The van der Waals surface area contributed by atoms with Crippen molar-refractivity contribution >= 4 is 16.3 Å². The number of carbonyl (C=O) groups is 1. The molecule has 118 valence electrons. The molecule has 1 aromatic rings. The summed E-state index contributed by atoms with van der Waals surface area (Å²) >= 11 is 0. The summed E-state index contributed by atoms with van der Waals surface area (Å²) in [4.78, 5) is 13.1. The standard InChI is InChI=1S/C14H20FNO4S/c1-14(2,3)20-13(17)16(4)12(10-21(15,18)19)11-8-6-5-7-9-11/h5-9,12H,10H2,1-4H3. The van der Waals surface area contributed by atoms with Crippen LogP contribution in [0, 0.1) is 0 Å². The van der Waals surface area contributed by atoms with E-state index < -0.39 is 33.7 Å². The van der Waals surface area contributed by atoms with Gasteiger partial charge >= 0.3 is 16.3 Å². The van der Waals surface area contributed by atoms with E-state index in [1.54, 1.807) is 51.1 Å². The Kier molecular flexibility index (Phi) is 5.33. The molecule has 1 rings (SSSR count). The number of carbonyl (C=O) groups excluding carboxylic acids is 1. The van der Waals surface area contributed by atoms with Gasteiger partial charge in [-0.25, -0.2) is 4.79 Å². The summed E-state index contributed by atoms with van der Waals surface area (Å²) in [6, 6.07) is 7.45. The normalized spacial score (nSPS) is 13.6. The SMILES string of the molecule is CN(C(=O)OC(C)(C)C)C(CS(=O)(=O)F)c1ccccc1. The summed E-state index contributed by atoms with van der Waals surface area (Å²) in [5, 5.41) is 0. The Bertz CT molecular complexity index is 581. The third-order valence-electron chi connectivity index (χ3n) is 2.69. The van der Waals surface area contributed by atoms with Crippen molar-refractivity contribution in [3.05, 3.63) is 35.9 Å². The van der Waals surface area contributed by atoms with Gasteiger partial charge in [-0.05, 0) is 26.3 Å². The van der Waals surface area contributed by atoms with Gasteiger partial charge in [-0.3, -0.25) is 0 Å². The lowest BCUT2D eigenvalue weighted by Gasteiger charge is -2.30. The first-order valence-corrected chi connectivity index (χ1v) is 7.98. The number of nitrogens with zero attached hydrogens (tertiary/aromatic N) is 1. The molecule has 0 saturated heterocycles. The molecule has 7 heteroatoms.